The van der Waals surface area contributed by atoms with Crippen LogP contribution in [-0.4, -0.2) is 23.1 Å². The number of nitrogens with zero attached hydrogens (tertiary/aromatic N) is 2. The third-order valence-electron chi connectivity index (χ3n) is 2.97. The first kappa shape index (κ1) is 14.4. The number of aryl methyl sites for hydroxylation is 1. The van der Waals surface area contributed by atoms with E-state index < -0.39 is 0 Å². The summed E-state index contributed by atoms with van der Waals surface area (Å²) in [5.74, 6) is 0.518. The number of nitrogens with one attached hydrogen (secondary N) is 1. The molecule has 0 aliphatic carbocycles. The van der Waals surface area contributed by atoms with Gasteiger partial charge in [-0.05, 0) is 37.2 Å². The van der Waals surface area contributed by atoms with E-state index >= 15 is 0 Å². The van der Waals surface area contributed by atoms with Gasteiger partial charge in [0, 0.05) is 18.5 Å². The minimum Gasteiger partial charge on any atom is -0.382 e. The number of anilines is 1. The highest BCUT2D eigenvalue weighted by Gasteiger charge is 2.09. The number of hydrogen-bond donors (Lipinski definition) is 2. The molecule has 0 amide bonds. The van der Waals surface area contributed by atoms with E-state index in [4.69, 9.17) is 5.73 Å². The second kappa shape index (κ2) is 6.96. The second-order valence-electron chi connectivity index (χ2n) is 4.48. The molecule has 0 bridgehead atoms. The first-order valence-corrected chi connectivity index (χ1v) is 6.80. The molecule has 0 atom stereocenters. The standard InChI is InChI=1S/C15H19FN4/c1-2-14-19-10-13(18-9-3-8-17)15(20-14)11-4-6-12(16)7-5-11/h4-7,10,18H,2-3,8-9,17H2,1H3. The smallest absolute Gasteiger partial charge is 0.128 e. The molecule has 2 rings (SSSR count). The summed E-state index contributed by atoms with van der Waals surface area (Å²) in [7, 11) is 0. The van der Waals surface area contributed by atoms with Gasteiger partial charge in [0.1, 0.15) is 11.6 Å². The lowest BCUT2D eigenvalue weighted by Crippen LogP contribution is -2.10. The molecule has 0 unspecified atom stereocenters. The van der Waals surface area contributed by atoms with Crippen molar-refractivity contribution in [2.75, 3.05) is 18.4 Å². The zero-order valence-corrected chi connectivity index (χ0v) is 11.6. The third-order valence-corrected chi connectivity index (χ3v) is 2.97. The van der Waals surface area contributed by atoms with Gasteiger partial charge in [-0.15, -0.1) is 0 Å². The zero-order chi connectivity index (χ0) is 14.4. The number of nitrogens with two attached hydrogens (primary N) is 1. The largest absolute Gasteiger partial charge is 0.382 e. The summed E-state index contributed by atoms with van der Waals surface area (Å²) >= 11 is 0. The van der Waals surface area contributed by atoms with Crippen molar-refractivity contribution in [2.45, 2.75) is 19.8 Å². The number of aromatic nitrogens is 2. The van der Waals surface area contributed by atoms with E-state index in [0.717, 1.165) is 42.2 Å². The van der Waals surface area contributed by atoms with Crippen LogP contribution in [0.1, 0.15) is 19.2 Å². The fourth-order valence-corrected chi connectivity index (χ4v) is 1.87. The Bertz CT molecular complexity index is 554. The normalized spacial score (nSPS) is 10.6. The van der Waals surface area contributed by atoms with Gasteiger partial charge in [-0.25, -0.2) is 14.4 Å². The quantitative estimate of drug-likeness (QED) is 0.795. The van der Waals surface area contributed by atoms with Crippen molar-refractivity contribution in [1.29, 1.82) is 0 Å². The van der Waals surface area contributed by atoms with Crippen molar-refractivity contribution in [3.63, 3.8) is 0 Å². The maximum atomic E-state index is 13.0. The van der Waals surface area contributed by atoms with Crippen LogP contribution in [0.5, 0.6) is 0 Å². The van der Waals surface area contributed by atoms with Crippen LogP contribution >= 0.6 is 0 Å². The van der Waals surface area contributed by atoms with Gasteiger partial charge in [0.2, 0.25) is 0 Å². The average molecular weight is 274 g/mol. The predicted octanol–water partition coefficient (Wildman–Crippen LogP) is 2.61. The highest BCUT2D eigenvalue weighted by atomic mass is 19.1. The summed E-state index contributed by atoms with van der Waals surface area (Å²) in [5.41, 5.74) is 8.01. The van der Waals surface area contributed by atoms with Gasteiger partial charge in [0.25, 0.3) is 0 Å². The molecule has 1 aromatic carbocycles. The van der Waals surface area contributed by atoms with Crippen LogP contribution in [0.15, 0.2) is 30.5 Å². The Hall–Kier alpha value is -2.01. The Labute approximate surface area is 118 Å². The van der Waals surface area contributed by atoms with Crippen LogP contribution in [0.4, 0.5) is 10.1 Å². The topological polar surface area (TPSA) is 63.8 Å². The summed E-state index contributed by atoms with van der Waals surface area (Å²) in [5, 5.41) is 3.28. The maximum absolute atomic E-state index is 13.0. The van der Waals surface area contributed by atoms with Crippen LogP contribution in [0.3, 0.4) is 0 Å². The highest BCUT2D eigenvalue weighted by molar-refractivity contribution is 5.73. The summed E-state index contributed by atoms with van der Waals surface area (Å²) in [6.07, 6.45) is 3.41. The molecule has 0 saturated heterocycles. The van der Waals surface area contributed by atoms with E-state index in [1.165, 1.54) is 12.1 Å². The number of benzene rings is 1. The molecule has 3 N–H and O–H groups in total. The summed E-state index contributed by atoms with van der Waals surface area (Å²) in [4.78, 5) is 8.84. The van der Waals surface area contributed by atoms with Gasteiger partial charge in [-0.1, -0.05) is 6.92 Å². The third kappa shape index (κ3) is 3.51. The predicted molar refractivity (Wildman–Crippen MR) is 79.0 cm³/mol. The van der Waals surface area contributed by atoms with Crippen molar-refractivity contribution in [1.82, 2.24) is 9.97 Å². The molecule has 1 heterocycles. The number of rotatable bonds is 6. The fraction of sp³-hybridized carbons (Fsp3) is 0.333. The van der Waals surface area contributed by atoms with E-state index in [-0.39, 0.29) is 5.82 Å². The first-order chi connectivity index (χ1) is 9.74. The molecule has 0 aliphatic rings. The molecule has 0 spiro atoms. The van der Waals surface area contributed by atoms with Gasteiger partial charge in [-0.3, -0.25) is 0 Å². The Morgan fingerprint density at radius 3 is 2.65 bits per heavy atom. The minimum absolute atomic E-state index is 0.254. The summed E-state index contributed by atoms with van der Waals surface area (Å²) < 4.78 is 13.0. The molecule has 20 heavy (non-hydrogen) atoms. The van der Waals surface area contributed by atoms with Gasteiger partial charge in [0.15, 0.2) is 0 Å². The van der Waals surface area contributed by atoms with Crippen LogP contribution in [0.2, 0.25) is 0 Å². The van der Waals surface area contributed by atoms with E-state index in [9.17, 15) is 4.39 Å². The lowest BCUT2D eigenvalue weighted by atomic mass is 10.1. The van der Waals surface area contributed by atoms with Crippen molar-refractivity contribution in [3.05, 3.63) is 42.1 Å². The number of hydrogen-bond acceptors (Lipinski definition) is 4. The van der Waals surface area contributed by atoms with Crippen LogP contribution in [0, 0.1) is 5.82 Å². The van der Waals surface area contributed by atoms with Crippen molar-refractivity contribution in [3.8, 4) is 11.3 Å². The Kier molecular flexibility index (Phi) is 5.01. The van der Waals surface area contributed by atoms with Crippen LogP contribution in [-0.2, 0) is 6.42 Å². The van der Waals surface area contributed by atoms with Crippen LogP contribution < -0.4 is 11.1 Å². The van der Waals surface area contributed by atoms with E-state index in [1.54, 1.807) is 18.3 Å². The molecule has 0 saturated carbocycles. The molecular formula is C15H19FN4. The molecule has 1 aromatic heterocycles. The minimum atomic E-state index is -0.254. The Morgan fingerprint density at radius 2 is 2.00 bits per heavy atom. The summed E-state index contributed by atoms with van der Waals surface area (Å²) in [6.45, 7) is 3.40. The van der Waals surface area contributed by atoms with E-state index in [1.807, 2.05) is 6.92 Å². The summed E-state index contributed by atoms with van der Waals surface area (Å²) in [6, 6.07) is 6.33. The molecule has 0 radical (unpaired) electrons. The van der Waals surface area contributed by atoms with Gasteiger partial charge in [0.05, 0.1) is 17.6 Å². The SMILES string of the molecule is CCc1ncc(NCCCN)c(-c2ccc(F)cc2)n1. The Balaban J connectivity index is 2.33. The molecule has 4 nitrogen and oxygen atoms in total. The first-order valence-electron chi connectivity index (χ1n) is 6.80. The van der Waals surface area contributed by atoms with Gasteiger partial charge >= 0.3 is 0 Å². The molecule has 106 valence electrons. The van der Waals surface area contributed by atoms with Crippen molar-refractivity contribution in [2.24, 2.45) is 5.73 Å². The van der Waals surface area contributed by atoms with Crippen molar-refractivity contribution >= 4 is 5.69 Å². The zero-order valence-electron chi connectivity index (χ0n) is 11.6. The molecule has 2 aromatic rings. The molecule has 5 heteroatoms. The average Bonchev–Trinajstić information content (AvgIpc) is 2.48. The Morgan fingerprint density at radius 1 is 1.25 bits per heavy atom. The lowest BCUT2D eigenvalue weighted by molar-refractivity contribution is 0.628. The van der Waals surface area contributed by atoms with Crippen molar-refractivity contribution < 1.29 is 4.39 Å². The van der Waals surface area contributed by atoms with Gasteiger partial charge in [-0.2, -0.15) is 0 Å². The highest BCUT2D eigenvalue weighted by Crippen LogP contribution is 2.25. The van der Waals surface area contributed by atoms with Crippen LogP contribution in [0.25, 0.3) is 11.3 Å². The number of halogens is 1. The maximum Gasteiger partial charge on any atom is 0.128 e. The lowest BCUT2D eigenvalue weighted by Gasteiger charge is -2.12. The fourth-order valence-electron chi connectivity index (χ4n) is 1.87. The second-order valence-corrected chi connectivity index (χ2v) is 4.48. The van der Waals surface area contributed by atoms with Gasteiger partial charge < -0.3 is 11.1 Å². The molecule has 0 aliphatic heterocycles. The van der Waals surface area contributed by atoms with E-state index in [2.05, 4.69) is 15.3 Å². The molecule has 0 fully saturated rings. The monoisotopic (exact) mass is 274 g/mol. The van der Waals surface area contributed by atoms with E-state index in [0.29, 0.717) is 6.54 Å². The molecular weight excluding hydrogens is 255 g/mol.